The SMILES string of the molecule is COc1cc(C(C)Nc2ccc(=O)n(C)c2)ccc1F. The van der Waals surface area contributed by atoms with E-state index >= 15 is 0 Å². The van der Waals surface area contributed by atoms with Crippen LogP contribution in [0.25, 0.3) is 0 Å². The Hall–Kier alpha value is -2.30. The molecule has 0 spiro atoms. The number of rotatable bonds is 4. The molecule has 1 unspecified atom stereocenters. The van der Waals surface area contributed by atoms with Gasteiger partial charge in [-0.15, -0.1) is 0 Å². The minimum atomic E-state index is -0.384. The molecule has 1 aromatic heterocycles. The summed E-state index contributed by atoms with van der Waals surface area (Å²) in [6, 6.07) is 7.93. The van der Waals surface area contributed by atoms with Gasteiger partial charge in [-0.2, -0.15) is 0 Å². The van der Waals surface area contributed by atoms with Gasteiger partial charge in [0, 0.05) is 25.4 Å². The zero-order chi connectivity index (χ0) is 14.7. The third-order valence-electron chi connectivity index (χ3n) is 3.14. The van der Waals surface area contributed by atoms with E-state index < -0.39 is 0 Å². The van der Waals surface area contributed by atoms with E-state index in [1.807, 2.05) is 6.92 Å². The first-order chi connectivity index (χ1) is 9.51. The highest BCUT2D eigenvalue weighted by Crippen LogP contribution is 2.24. The summed E-state index contributed by atoms with van der Waals surface area (Å²) in [6.07, 6.45) is 1.72. The molecule has 20 heavy (non-hydrogen) atoms. The van der Waals surface area contributed by atoms with Crippen LogP contribution in [-0.4, -0.2) is 11.7 Å². The summed E-state index contributed by atoms with van der Waals surface area (Å²) in [5, 5.41) is 3.26. The minimum absolute atomic E-state index is 0.0398. The van der Waals surface area contributed by atoms with Crippen molar-refractivity contribution in [2.75, 3.05) is 12.4 Å². The molecule has 106 valence electrons. The molecule has 2 aromatic rings. The van der Waals surface area contributed by atoms with Crippen LogP contribution < -0.4 is 15.6 Å². The average molecular weight is 276 g/mol. The predicted molar refractivity (Wildman–Crippen MR) is 76.7 cm³/mol. The molecule has 0 amide bonds. The summed E-state index contributed by atoms with van der Waals surface area (Å²) in [6.45, 7) is 1.96. The van der Waals surface area contributed by atoms with E-state index in [-0.39, 0.29) is 23.2 Å². The van der Waals surface area contributed by atoms with E-state index in [2.05, 4.69) is 5.32 Å². The number of hydrogen-bond acceptors (Lipinski definition) is 3. The molecule has 0 bridgehead atoms. The number of nitrogens with one attached hydrogen (secondary N) is 1. The van der Waals surface area contributed by atoms with Crippen LogP contribution in [0.1, 0.15) is 18.5 Å². The van der Waals surface area contributed by atoms with Crippen LogP contribution in [0.2, 0.25) is 0 Å². The number of aromatic nitrogens is 1. The van der Waals surface area contributed by atoms with Crippen molar-refractivity contribution in [3.63, 3.8) is 0 Å². The Morgan fingerprint density at radius 1 is 1.30 bits per heavy atom. The smallest absolute Gasteiger partial charge is 0.250 e. The van der Waals surface area contributed by atoms with Crippen molar-refractivity contribution in [3.8, 4) is 5.75 Å². The molecule has 1 atom stereocenters. The number of hydrogen-bond donors (Lipinski definition) is 1. The monoisotopic (exact) mass is 276 g/mol. The number of benzene rings is 1. The van der Waals surface area contributed by atoms with Gasteiger partial charge in [0.1, 0.15) is 0 Å². The van der Waals surface area contributed by atoms with Crippen molar-refractivity contribution < 1.29 is 9.13 Å². The van der Waals surface area contributed by atoms with Gasteiger partial charge in [0.05, 0.1) is 12.8 Å². The number of ether oxygens (including phenoxy) is 1. The molecule has 5 heteroatoms. The summed E-state index contributed by atoms with van der Waals surface area (Å²) in [5.74, 6) is -0.165. The third-order valence-corrected chi connectivity index (χ3v) is 3.14. The summed E-state index contributed by atoms with van der Waals surface area (Å²) >= 11 is 0. The first-order valence-corrected chi connectivity index (χ1v) is 6.28. The van der Waals surface area contributed by atoms with E-state index in [0.29, 0.717) is 0 Å². The van der Waals surface area contributed by atoms with Crippen molar-refractivity contribution in [2.24, 2.45) is 7.05 Å². The summed E-state index contributed by atoms with van der Waals surface area (Å²) < 4.78 is 19.8. The van der Waals surface area contributed by atoms with Gasteiger partial charge in [0.25, 0.3) is 0 Å². The lowest BCUT2D eigenvalue weighted by Crippen LogP contribution is -2.16. The standard InChI is InChI=1S/C15H17FN2O2/c1-10(11-4-6-13(16)14(8-11)20-3)17-12-5-7-15(19)18(2)9-12/h4-10,17H,1-3H3. The summed E-state index contributed by atoms with van der Waals surface area (Å²) in [4.78, 5) is 11.3. The highest BCUT2D eigenvalue weighted by molar-refractivity contribution is 5.44. The molecule has 0 aliphatic carbocycles. The van der Waals surface area contributed by atoms with Crippen LogP contribution in [0.15, 0.2) is 41.3 Å². The van der Waals surface area contributed by atoms with Crippen molar-refractivity contribution >= 4 is 5.69 Å². The van der Waals surface area contributed by atoms with E-state index in [9.17, 15) is 9.18 Å². The van der Waals surface area contributed by atoms with Crippen molar-refractivity contribution in [3.05, 3.63) is 58.3 Å². The van der Waals surface area contributed by atoms with Gasteiger partial charge in [-0.05, 0) is 30.7 Å². The average Bonchev–Trinajstić information content (AvgIpc) is 2.43. The zero-order valence-electron chi connectivity index (χ0n) is 11.7. The van der Waals surface area contributed by atoms with E-state index in [4.69, 9.17) is 4.74 Å². The summed E-state index contributed by atoms with van der Waals surface area (Å²) in [5.41, 5.74) is 1.66. The largest absolute Gasteiger partial charge is 0.494 e. The van der Waals surface area contributed by atoms with Gasteiger partial charge in [0.15, 0.2) is 11.6 Å². The van der Waals surface area contributed by atoms with Crippen molar-refractivity contribution in [1.29, 1.82) is 0 Å². The van der Waals surface area contributed by atoms with Crippen LogP contribution in [0.4, 0.5) is 10.1 Å². The maximum atomic E-state index is 13.4. The lowest BCUT2D eigenvalue weighted by atomic mass is 10.1. The molecule has 2 rings (SSSR count). The molecule has 0 aliphatic rings. The fraction of sp³-hybridized carbons (Fsp3) is 0.267. The van der Waals surface area contributed by atoms with Gasteiger partial charge >= 0.3 is 0 Å². The molecular weight excluding hydrogens is 259 g/mol. The fourth-order valence-corrected chi connectivity index (χ4v) is 1.96. The Morgan fingerprint density at radius 2 is 2.05 bits per heavy atom. The predicted octanol–water partition coefficient (Wildman–Crippen LogP) is 2.71. The maximum absolute atomic E-state index is 13.4. The molecule has 1 aromatic carbocycles. The quantitative estimate of drug-likeness (QED) is 0.933. The van der Waals surface area contributed by atoms with Crippen molar-refractivity contribution in [1.82, 2.24) is 4.57 Å². The second-order valence-corrected chi connectivity index (χ2v) is 4.63. The zero-order valence-corrected chi connectivity index (χ0v) is 11.7. The molecule has 0 saturated heterocycles. The van der Waals surface area contributed by atoms with Gasteiger partial charge in [-0.1, -0.05) is 6.07 Å². The number of pyridine rings is 1. The number of nitrogens with zero attached hydrogens (tertiary/aromatic N) is 1. The van der Waals surface area contributed by atoms with E-state index in [0.717, 1.165) is 11.3 Å². The van der Waals surface area contributed by atoms with E-state index in [1.165, 1.54) is 23.8 Å². The highest BCUT2D eigenvalue weighted by atomic mass is 19.1. The first kappa shape index (κ1) is 14.1. The summed E-state index contributed by atoms with van der Waals surface area (Å²) in [7, 11) is 3.13. The van der Waals surface area contributed by atoms with E-state index in [1.54, 1.807) is 31.4 Å². The molecule has 1 heterocycles. The number of aryl methyl sites for hydroxylation is 1. The lowest BCUT2D eigenvalue weighted by Gasteiger charge is -2.17. The molecule has 0 aliphatic heterocycles. The Bertz CT molecular complexity index is 667. The molecule has 0 saturated carbocycles. The Morgan fingerprint density at radius 3 is 2.70 bits per heavy atom. The van der Waals surface area contributed by atoms with Crippen LogP contribution in [0.3, 0.4) is 0 Å². The number of halogens is 1. The number of methoxy groups -OCH3 is 1. The Labute approximate surface area is 116 Å². The third kappa shape index (κ3) is 2.99. The second-order valence-electron chi connectivity index (χ2n) is 4.63. The fourth-order valence-electron chi connectivity index (χ4n) is 1.96. The maximum Gasteiger partial charge on any atom is 0.250 e. The lowest BCUT2D eigenvalue weighted by molar-refractivity contribution is 0.385. The molecule has 1 N–H and O–H groups in total. The molecular formula is C15H17FN2O2. The van der Waals surface area contributed by atoms with Crippen LogP contribution in [0.5, 0.6) is 5.75 Å². The Balaban J connectivity index is 2.21. The molecule has 0 radical (unpaired) electrons. The molecule has 0 fully saturated rings. The van der Waals surface area contributed by atoms with Gasteiger partial charge in [0.2, 0.25) is 5.56 Å². The normalized spacial score (nSPS) is 12.0. The van der Waals surface area contributed by atoms with Crippen molar-refractivity contribution in [2.45, 2.75) is 13.0 Å². The van der Waals surface area contributed by atoms with Gasteiger partial charge < -0.3 is 14.6 Å². The number of anilines is 1. The molecule has 4 nitrogen and oxygen atoms in total. The first-order valence-electron chi connectivity index (χ1n) is 6.28. The topological polar surface area (TPSA) is 43.3 Å². The van der Waals surface area contributed by atoms with Crippen LogP contribution in [0, 0.1) is 5.82 Å². The second kappa shape index (κ2) is 5.77. The minimum Gasteiger partial charge on any atom is -0.494 e. The highest BCUT2D eigenvalue weighted by Gasteiger charge is 2.10. The Kier molecular flexibility index (Phi) is 4.08. The van der Waals surface area contributed by atoms with Crippen LogP contribution >= 0.6 is 0 Å². The van der Waals surface area contributed by atoms with Gasteiger partial charge in [-0.25, -0.2) is 4.39 Å². The van der Waals surface area contributed by atoms with Gasteiger partial charge in [-0.3, -0.25) is 4.79 Å². The van der Waals surface area contributed by atoms with Crippen LogP contribution in [-0.2, 0) is 7.05 Å².